The third-order valence-corrected chi connectivity index (χ3v) is 10.2. The van der Waals surface area contributed by atoms with Gasteiger partial charge in [-0.05, 0) is 91.3 Å². The molecule has 0 aliphatic rings. The predicted molar refractivity (Wildman–Crippen MR) is 240 cm³/mol. The molecule has 7 aromatic rings. The van der Waals surface area contributed by atoms with Crippen molar-refractivity contribution in [2.45, 2.75) is 86.7 Å². The van der Waals surface area contributed by atoms with Gasteiger partial charge in [-0.3, -0.25) is 24.4 Å². The Morgan fingerprint density at radius 1 is 0.844 bits per heavy atom. The summed E-state index contributed by atoms with van der Waals surface area (Å²) >= 11 is 0. The highest BCUT2D eigenvalue weighted by Gasteiger charge is 2.24. The number of aromatic nitrogens is 10. The minimum absolute atomic E-state index is 0.156. The highest BCUT2D eigenvalue weighted by atomic mass is 16.6. The number of hydrogen-bond donors (Lipinski definition) is 3. The van der Waals surface area contributed by atoms with E-state index in [1.807, 2.05) is 49.6 Å². The third-order valence-electron chi connectivity index (χ3n) is 10.2. The van der Waals surface area contributed by atoms with Crippen LogP contribution in [0, 0.1) is 13.8 Å². The first kappa shape index (κ1) is 44.4. The zero-order valence-electron chi connectivity index (χ0n) is 37.2. The van der Waals surface area contributed by atoms with Gasteiger partial charge in [0, 0.05) is 62.3 Å². The van der Waals surface area contributed by atoms with Crippen molar-refractivity contribution in [3.8, 4) is 17.3 Å². The molecule has 0 saturated carbocycles. The molecular formula is C44H52N14O6. The fourth-order valence-electron chi connectivity index (χ4n) is 7.30. The lowest BCUT2D eigenvalue weighted by molar-refractivity contribution is 0.0291. The maximum absolute atomic E-state index is 13.8. The van der Waals surface area contributed by atoms with Crippen LogP contribution in [0.5, 0.6) is 5.75 Å². The number of rotatable bonds is 16. The zero-order valence-corrected chi connectivity index (χ0v) is 37.2. The van der Waals surface area contributed by atoms with E-state index in [0.717, 1.165) is 5.39 Å². The summed E-state index contributed by atoms with van der Waals surface area (Å²) in [5.41, 5.74) is 14.9. The Balaban J connectivity index is 1.26. The summed E-state index contributed by atoms with van der Waals surface area (Å²) in [6.07, 6.45) is 5.23. The van der Waals surface area contributed by atoms with Crippen LogP contribution in [0.25, 0.3) is 44.6 Å². The van der Waals surface area contributed by atoms with Crippen LogP contribution in [0.2, 0.25) is 0 Å². The molecule has 0 bridgehead atoms. The van der Waals surface area contributed by atoms with Crippen molar-refractivity contribution < 1.29 is 28.7 Å². The normalized spacial score (nSPS) is 11.9. The molecule has 7 rings (SSSR count). The van der Waals surface area contributed by atoms with Crippen molar-refractivity contribution >= 4 is 62.9 Å². The number of fused-ring (bicyclic) bond motifs is 4. The van der Waals surface area contributed by atoms with Crippen molar-refractivity contribution in [2.24, 2.45) is 11.5 Å². The summed E-state index contributed by atoms with van der Waals surface area (Å²) < 4.78 is 18.9. The van der Waals surface area contributed by atoms with Crippen molar-refractivity contribution in [2.75, 3.05) is 25.5 Å². The van der Waals surface area contributed by atoms with Gasteiger partial charge in [-0.15, -0.1) is 0 Å². The standard InChI is InChI=1S/C44H52N14O6/c1-9-57-33(20-25(3)52-57)41(61)51-42-50-32-22-27(36(45)59)23-34(63-19-13-16-54(8)43(62)64-44(5,6)7)35(32)55(42)17-11-12-18-56-38-30(21-28(24-47-38)37(46)60)29-14-15-31(49-39(29)56)40-48-26(4)53-58(40)10-2/h11-12,14-15,20-24H,9-10,13,16-19H2,1-8H3,(H2,45,59)(H2,46,60)(H,50,51,61)/b12-11+. The van der Waals surface area contributed by atoms with Gasteiger partial charge in [0.25, 0.3) is 5.91 Å². The number of primary amides is 2. The van der Waals surface area contributed by atoms with Crippen molar-refractivity contribution in [3.63, 3.8) is 0 Å². The first-order valence-corrected chi connectivity index (χ1v) is 20.9. The number of carbonyl (C=O) groups is 4. The van der Waals surface area contributed by atoms with E-state index in [9.17, 15) is 19.2 Å². The number of benzene rings is 1. The molecule has 20 heteroatoms. The van der Waals surface area contributed by atoms with Gasteiger partial charge in [0.05, 0.1) is 23.4 Å². The average Bonchev–Trinajstić information content (AvgIpc) is 4.00. The van der Waals surface area contributed by atoms with Crippen LogP contribution < -0.4 is 21.5 Å². The van der Waals surface area contributed by atoms with Crippen LogP contribution >= 0.6 is 0 Å². The van der Waals surface area contributed by atoms with Crippen molar-refractivity contribution in [3.05, 3.63) is 83.1 Å². The van der Waals surface area contributed by atoms with Crippen LogP contribution in [-0.4, -0.2) is 103 Å². The molecule has 0 atom stereocenters. The molecule has 0 aliphatic carbocycles. The van der Waals surface area contributed by atoms with Gasteiger partial charge in [0.1, 0.15) is 45.4 Å². The molecule has 0 unspecified atom stereocenters. The molecule has 5 N–H and O–H groups in total. The van der Waals surface area contributed by atoms with Gasteiger partial charge in [-0.1, -0.05) is 12.2 Å². The van der Waals surface area contributed by atoms with Crippen LogP contribution in [0.1, 0.15) is 83.8 Å². The molecule has 6 aromatic heterocycles. The number of nitrogens with zero attached hydrogens (tertiary/aromatic N) is 11. The summed E-state index contributed by atoms with van der Waals surface area (Å²) in [6, 6.07) is 10.3. The fourth-order valence-corrected chi connectivity index (χ4v) is 7.30. The third kappa shape index (κ3) is 9.25. The van der Waals surface area contributed by atoms with Crippen LogP contribution in [0.4, 0.5) is 10.7 Å². The number of aryl methyl sites for hydroxylation is 4. The lowest BCUT2D eigenvalue weighted by Gasteiger charge is -2.24. The summed E-state index contributed by atoms with van der Waals surface area (Å²) in [5, 5.41) is 13.3. The Morgan fingerprint density at radius 2 is 1.56 bits per heavy atom. The smallest absolute Gasteiger partial charge is 0.410 e. The number of carbonyl (C=O) groups excluding carboxylic acids is 4. The van der Waals surface area contributed by atoms with E-state index >= 15 is 0 Å². The van der Waals surface area contributed by atoms with Gasteiger partial charge in [0.15, 0.2) is 5.82 Å². The van der Waals surface area contributed by atoms with Crippen LogP contribution in [-0.2, 0) is 30.9 Å². The lowest BCUT2D eigenvalue weighted by atomic mass is 10.1. The molecule has 20 nitrogen and oxygen atoms in total. The first-order valence-electron chi connectivity index (χ1n) is 20.9. The average molecular weight is 873 g/mol. The molecule has 0 aliphatic heterocycles. The maximum atomic E-state index is 13.8. The number of allylic oxidation sites excluding steroid dienone is 2. The molecule has 0 spiro atoms. The highest BCUT2D eigenvalue weighted by molar-refractivity contribution is 6.08. The number of amides is 4. The summed E-state index contributed by atoms with van der Waals surface area (Å²) in [7, 11) is 1.64. The first-order chi connectivity index (χ1) is 30.5. The highest BCUT2D eigenvalue weighted by Crippen LogP contribution is 2.33. The van der Waals surface area contributed by atoms with Gasteiger partial charge in [0.2, 0.25) is 17.8 Å². The van der Waals surface area contributed by atoms with E-state index in [2.05, 4.69) is 25.5 Å². The molecule has 334 valence electrons. The van der Waals surface area contributed by atoms with Gasteiger partial charge in [-0.25, -0.2) is 29.4 Å². The molecular weight excluding hydrogens is 821 g/mol. The number of nitrogens with one attached hydrogen (secondary N) is 1. The number of ether oxygens (including phenoxy) is 2. The zero-order chi connectivity index (χ0) is 46.0. The van der Waals surface area contributed by atoms with E-state index in [1.54, 1.807) is 72.9 Å². The molecule has 1 aromatic carbocycles. The summed E-state index contributed by atoms with van der Waals surface area (Å²) in [4.78, 5) is 71.8. The Morgan fingerprint density at radius 3 is 2.25 bits per heavy atom. The molecule has 64 heavy (non-hydrogen) atoms. The van der Waals surface area contributed by atoms with Gasteiger partial charge < -0.3 is 35.0 Å². The van der Waals surface area contributed by atoms with Gasteiger partial charge >= 0.3 is 6.09 Å². The van der Waals surface area contributed by atoms with Gasteiger partial charge in [-0.2, -0.15) is 10.2 Å². The number of pyridine rings is 2. The Kier molecular flexibility index (Phi) is 12.5. The Labute approximate surface area is 368 Å². The second-order valence-corrected chi connectivity index (χ2v) is 16.2. The predicted octanol–water partition coefficient (Wildman–Crippen LogP) is 5.39. The minimum atomic E-state index is -0.691. The largest absolute Gasteiger partial charge is 0.491 e. The second-order valence-electron chi connectivity index (χ2n) is 16.2. The van der Waals surface area contributed by atoms with Crippen molar-refractivity contribution in [1.82, 2.24) is 53.5 Å². The van der Waals surface area contributed by atoms with Crippen LogP contribution in [0.3, 0.4) is 0 Å². The van der Waals surface area contributed by atoms with Crippen molar-refractivity contribution in [1.29, 1.82) is 0 Å². The number of imidazole rings is 1. The molecule has 0 fully saturated rings. The monoisotopic (exact) mass is 872 g/mol. The SMILES string of the molecule is CCn1nc(C)cc1C(=O)Nc1nc2cc(C(N)=O)cc(OCCCN(C)C(=O)OC(C)(C)C)c2n1C/C=C/Cn1c2ncc(C(N)=O)cc2c2ccc(-c3nc(C)nn3CC)nc21. The molecule has 6 heterocycles. The quantitative estimate of drug-likeness (QED) is 0.0817. The number of anilines is 1. The number of nitrogens with two attached hydrogens (primary N) is 2. The lowest BCUT2D eigenvalue weighted by Crippen LogP contribution is -2.35. The topological polar surface area (TPSA) is 251 Å². The molecule has 4 amide bonds. The maximum Gasteiger partial charge on any atom is 0.410 e. The Hall–Kier alpha value is -7.64. The fraction of sp³-hybridized carbons (Fsp3) is 0.364. The van der Waals surface area contributed by atoms with E-state index in [0.29, 0.717) is 94.8 Å². The van der Waals surface area contributed by atoms with E-state index in [-0.39, 0.29) is 30.2 Å². The number of hydrogen-bond acceptors (Lipinski definition) is 12. The molecule has 0 radical (unpaired) electrons. The summed E-state index contributed by atoms with van der Waals surface area (Å²) in [5.74, 6) is -0.0142. The second kappa shape index (κ2) is 18.0. The summed E-state index contributed by atoms with van der Waals surface area (Å²) in [6.45, 7) is 14.9. The van der Waals surface area contributed by atoms with E-state index in [4.69, 9.17) is 30.9 Å². The van der Waals surface area contributed by atoms with E-state index in [1.165, 1.54) is 11.1 Å². The molecule has 0 saturated heterocycles. The minimum Gasteiger partial charge on any atom is -0.491 e. The van der Waals surface area contributed by atoms with Crippen LogP contribution in [0.15, 0.2) is 54.7 Å². The Bertz CT molecular complexity index is 2970. The van der Waals surface area contributed by atoms with E-state index < -0.39 is 29.4 Å².